The van der Waals surface area contributed by atoms with E-state index in [1.165, 1.54) is 29.1 Å². The molecule has 2 heterocycles. The zero-order valence-electron chi connectivity index (χ0n) is 13.2. The molecule has 1 saturated carbocycles. The molecule has 0 unspecified atom stereocenters. The molecule has 1 N–H and O–H groups in total. The summed E-state index contributed by atoms with van der Waals surface area (Å²) in [5.74, 6) is 1.20. The molecule has 0 aliphatic heterocycles. The Hall–Kier alpha value is -1.40. The minimum absolute atomic E-state index is 0.714. The molecule has 0 spiro atoms. The van der Waals surface area contributed by atoms with Crippen molar-refractivity contribution in [1.29, 1.82) is 0 Å². The lowest BCUT2D eigenvalue weighted by Crippen LogP contribution is -2.23. The lowest BCUT2D eigenvalue weighted by molar-refractivity contribution is 0.680. The SMILES string of the molecule is Cc1ncsc1CN(C)c1c(CNC2CC2)c(C)nn1C. The smallest absolute Gasteiger partial charge is 0.131 e. The third-order valence-electron chi connectivity index (χ3n) is 4.05. The van der Waals surface area contributed by atoms with Crippen LogP contribution in [0.5, 0.6) is 0 Å². The summed E-state index contributed by atoms with van der Waals surface area (Å²) in [6, 6.07) is 0.714. The van der Waals surface area contributed by atoms with Crippen LogP contribution in [0.25, 0.3) is 0 Å². The maximum absolute atomic E-state index is 4.60. The topological polar surface area (TPSA) is 46.0 Å². The van der Waals surface area contributed by atoms with Gasteiger partial charge in [0.25, 0.3) is 0 Å². The van der Waals surface area contributed by atoms with Crippen molar-refractivity contribution < 1.29 is 0 Å². The fourth-order valence-corrected chi connectivity index (χ4v) is 3.51. The van der Waals surface area contributed by atoms with E-state index < -0.39 is 0 Å². The molecule has 2 aromatic heterocycles. The lowest BCUT2D eigenvalue weighted by atomic mass is 10.2. The van der Waals surface area contributed by atoms with Gasteiger partial charge in [0, 0.05) is 37.1 Å². The number of aromatic nitrogens is 3. The number of hydrogen-bond donors (Lipinski definition) is 1. The second-order valence-corrected chi connectivity index (χ2v) is 6.82. The van der Waals surface area contributed by atoms with Gasteiger partial charge in [0.15, 0.2) is 0 Å². The molecule has 1 fully saturated rings. The lowest BCUT2D eigenvalue weighted by Gasteiger charge is -2.21. The molecule has 6 heteroatoms. The third-order valence-corrected chi connectivity index (χ3v) is 4.97. The Bertz CT molecular complexity index is 626. The second-order valence-electron chi connectivity index (χ2n) is 5.88. The van der Waals surface area contributed by atoms with Gasteiger partial charge in [0.05, 0.1) is 23.4 Å². The average molecular weight is 305 g/mol. The number of thiazole rings is 1. The van der Waals surface area contributed by atoms with Crippen LogP contribution < -0.4 is 10.2 Å². The van der Waals surface area contributed by atoms with Crippen molar-refractivity contribution in [2.45, 2.75) is 45.8 Å². The molecular formula is C15H23N5S. The van der Waals surface area contributed by atoms with E-state index in [4.69, 9.17) is 0 Å². The van der Waals surface area contributed by atoms with E-state index in [1.807, 2.05) is 17.2 Å². The van der Waals surface area contributed by atoms with E-state index in [0.717, 1.165) is 24.5 Å². The highest BCUT2D eigenvalue weighted by molar-refractivity contribution is 7.09. The highest BCUT2D eigenvalue weighted by atomic mass is 32.1. The summed E-state index contributed by atoms with van der Waals surface area (Å²) < 4.78 is 2.00. The van der Waals surface area contributed by atoms with Crippen molar-refractivity contribution in [3.63, 3.8) is 0 Å². The number of aryl methyl sites for hydroxylation is 3. The monoisotopic (exact) mass is 305 g/mol. The Morgan fingerprint density at radius 1 is 1.38 bits per heavy atom. The van der Waals surface area contributed by atoms with Gasteiger partial charge in [-0.1, -0.05) is 0 Å². The van der Waals surface area contributed by atoms with Crippen LogP contribution in [-0.2, 0) is 20.1 Å². The predicted molar refractivity (Wildman–Crippen MR) is 86.8 cm³/mol. The van der Waals surface area contributed by atoms with Crippen LogP contribution >= 0.6 is 11.3 Å². The van der Waals surface area contributed by atoms with Crippen molar-refractivity contribution in [2.24, 2.45) is 7.05 Å². The minimum Gasteiger partial charge on any atom is -0.354 e. The summed E-state index contributed by atoms with van der Waals surface area (Å²) in [5.41, 5.74) is 5.48. The summed E-state index contributed by atoms with van der Waals surface area (Å²) in [4.78, 5) is 7.94. The van der Waals surface area contributed by atoms with Crippen LogP contribution in [0.2, 0.25) is 0 Å². The van der Waals surface area contributed by atoms with Gasteiger partial charge in [-0.3, -0.25) is 4.68 Å². The van der Waals surface area contributed by atoms with Crippen LogP contribution in [0.1, 0.15) is 34.7 Å². The van der Waals surface area contributed by atoms with Gasteiger partial charge in [0.2, 0.25) is 0 Å². The maximum atomic E-state index is 4.60. The number of anilines is 1. The van der Waals surface area contributed by atoms with E-state index in [0.29, 0.717) is 6.04 Å². The molecule has 114 valence electrons. The van der Waals surface area contributed by atoms with E-state index >= 15 is 0 Å². The molecular weight excluding hydrogens is 282 g/mol. The Balaban J connectivity index is 1.80. The first-order valence-electron chi connectivity index (χ1n) is 7.42. The van der Waals surface area contributed by atoms with Crippen LogP contribution in [0.4, 0.5) is 5.82 Å². The predicted octanol–water partition coefficient (Wildman–Crippen LogP) is 2.38. The summed E-state index contributed by atoms with van der Waals surface area (Å²) >= 11 is 1.72. The quantitative estimate of drug-likeness (QED) is 0.890. The molecule has 1 aliphatic carbocycles. The molecule has 0 aromatic carbocycles. The first-order chi connectivity index (χ1) is 10.1. The van der Waals surface area contributed by atoms with Crippen molar-refractivity contribution in [1.82, 2.24) is 20.1 Å². The molecule has 2 aromatic rings. The normalized spacial score (nSPS) is 14.7. The molecule has 0 radical (unpaired) electrons. The van der Waals surface area contributed by atoms with E-state index in [2.05, 4.69) is 41.2 Å². The zero-order valence-corrected chi connectivity index (χ0v) is 14.0. The van der Waals surface area contributed by atoms with Gasteiger partial charge >= 0.3 is 0 Å². The molecule has 0 atom stereocenters. The maximum Gasteiger partial charge on any atom is 0.131 e. The van der Waals surface area contributed by atoms with Gasteiger partial charge < -0.3 is 10.2 Å². The number of nitrogens with zero attached hydrogens (tertiary/aromatic N) is 4. The van der Waals surface area contributed by atoms with Crippen LogP contribution in [0.15, 0.2) is 5.51 Å². The fourth-order valence-electron chi connectivity index (χ4n) is 2.68. The Kier molecular flexibility index (Phi) is 3.99. The first kappa shape index (κ1) is 14.5. The largest absolute Gasteiger partial charge is 0.354 e. The standard InChI is InChI=1S/C15H23N5S/c1-10-13(7-16-12-5-6-12)15(20(4)18-10)19(3)8-14-11(2)17-9-21-14/h9,12,16H,5-8H2,1-4H3. The van der Waals surface area contributed by atoms with Gasteiger partial charge in [-0.15, -0.1) is 11.3 Å². The van der Waals surface area contributed by atoms with Crippen molar-refractivity contribution in [2.75, 3.05) is 11.9 Å². The highest BCUT2D eigenvalue weighted by Gasteiger charge is 2.23. The third kappa shape index (κ3) is 3.11. The summed E-state index contributed by atoms with van der Waals surface area (Å²) in [7, 11) is 4.16. The molecule has 0 saturated heterocycles. The summed E-state index contributed by atoms with van der Waals surface area (Å²) in [5, 5.41) is 8.21. The Morgan fingerprint density at radius 3 is 2.76 bits per heavy atom. The molecule has 3 rings (SSSR count). The van der Waals surface area contributed by atoms with Gasteiger partial charge in [0.1, 0.15) is 5.82 Å². The van der Waals surface area contributed by atoms with Crippen LogP contribution in [0, 0.1) is 13.8 Å². The van der Waals surface area contributed by atoms with Crippen LogP contribution in [0.3, 0.4) is 0 Å². The van der Waals surface area contributed by atoms with Gasteiger partial charge in [-0.05, 0) is 26.7 Å². The summed E-state index contributed by atoms with van der Waals surface area (Å²) in [6.07, 6.45) is 2.62. The zero-order chi connectivity index (χ0) is 15.0. The van der Waals surface area contributed by atoms with Crippen molar-refractivity contribution in [3.8, 4) is 0 Å². The first-order valence-corrected chi connectivity index (χ1v) is 8.30. The average Bonchev–Trinajstić information content (AvgIpc) is 3.11. The summed E-state index contributed by atoms with van der Waals surface area (Å²) in [6.45, 7) is 5.96. The second kappa shape index (κ2) is 5.77. The molecule has 5 nitrogen and oxygen atoms in total. The van der Waals surface area contributed by atoms with E-state index in [9.17, 15) is 0 Å². The molecule has 0 amide bonds. The fraction of sp³-hybridized carbons (Fsp3) is 0.600. The Labute approximate surface area is 130 Å². The molecule has 0 bridgehead atoms. The number of nitrogens with one attached hydrogen (secondary N) is 1. The van der Waals surface area contributed by atoms with E-state index in [-0.39, 0.29) is 0 Å². The van der Waals surface area contributed by atoms with Gasteiger partial charge in [-0.25, -0.2) is 4.98 Å². The Morgan fingerprint density at radius 2 is 2.14 bits per heavy atom. The van der Waals surface area contributed by atoms with Gasteiger partial charge in [-0.2, -0.15) is 5.10 Å². The number of rotatable bonds is 6. The molecule has 1 aliphatic rings. The highest BCUT2D eigenvalue weighted by Crippen LogP contribution is 2.27. The van der Waals surface area contributed by atoms with Crippen molar-refractivity contribution >= 4 is 17.2 Å². The minimum atomic E-state index is 0.714. The van der Waals surface area contributed by atoms with Crippen LogP contribution in [-0.4, -0.2) is 27.9 Å². The number of hydrogen-bond acceptors (Lipinski definition) is 5. The molecule has 21 heavy (non-hydrogen) atoms. The van der Waals surface area contributed by atoms with Crippen molar-refractivity contribution in [3.05, 3.63) is 27.3 Å². The van der Waals surface area contributed by atoms with E-state index in [1.54, 1.807) is 11.3 Å².